The quantitative estimate of drug-likeness (QED) is 0.162. The number of allylic oxidation sites excluding steroid dienone is 8. The molecule has 3 aromatic carbocycles. The van der Waals surface area contributed by atoms with Gasteiger partial charge in [-0.1, -0.05) is 0 Å². The standard InChI is InChI=1S/C33H39P/c1-28(2)16-14-17-29(3)18-15-19-30(4)26-27-34(31-20-8-5-9-21-31,32-22-10-6-11-23-32)33-24-12-7-13-25-33/h5-13,15-16,18-26,34H,14,17,27H2,1-4H3/b19-15+,29-18+,30-26+. The molecule has 0 spiro atoms. The fourth-order valence-electron chi connectivity index (χ4n) is 4.44. The first kappa shape index (κ1) is 25.7. The van der Waals surface area contributed by atoms with E-state index in [9.17, 15) is 0 Å². The van der Waals surface area contributed by atoms with E-state index in [4.69, 9.17) is 0 Å². The van der Waals surface area contributed by atoms with Gasteiger partial charge < -0.3 is 0 Å². The fourth-order valence-corrected chi connectivity index (χ4v) is 9.06. The van der Waals surface area contributed by atoms with Crippen LogP contribution in [0.2, 0.25) is 0 Å². The second-order valence-corrected chi connectivity index (χ2v) is 13.3. The molecule has 0 saturated heterocycles. The van der Waals surface area contributed by atoms with Crippen LogP contribution in [0.25, 0.3) is 0 Å². The van der Waals surface area contributed by atoms with Gasteiger partial charge in [0.1, 0.15) is 0 Å². The third kappa shape index (κ3) is 7.02. The Bertz CT molecular complexity index is 1030. The Morgan fingerprint density at radius 1 is 0.647 bits per heavy atom. The first-order valence-electron chi connectivity index (χ1n) is 12.3. The van der Waals surface area contributed by atoms with Gasteiger partial charge in [0, 0.05) is 0 Å². The van der Waals surface area contributed by atoms with E-state index >= 15 is 0 Å². The molecule has 176 valence electrons. The Kier molecular flexibility index (Phi) is 9.87. The summed E-state index contributed by atoms with van der Waals surface area (Å²) in [6.45, 7) is 8.77. The molecule has 0 aliphatic heterocycles. The molecule has 0 bridgehead atoms. The normalized spacial score (nSPS) is 13.2. The van der Waals surface area contributed by atoms with Gasteiger partial charge in [0.05, 0.1) is 0 Å². The average molecular weight is 467 g/mol. The minimum absolute atomic E-state index is 1.03. The van der Waals surface area contributed by atoms with E-state index in [0.717, 1.165) is 19.0 Å². The van der Waals surface area contributed by atoms with Crippen LogP contribution in [-0.2, 0) is 0 Å². The molecule has 3 aromatic rings. The fraction of sp³-hybridized carbons (Fsp3) is 0.212. The summed E-state index contributed by atoms with van der Waals surface area (Å²) in [5, 5.41) is 4.36. The van der Waals surface area contributed by atoms with Crippen molar-refractivity contribution in [2.24, 2.45) is 0 Å². The summed E-state index contributed by atoms with van der Waals surface area (Å²) in [6.07, 6.45) is 14.7. The molecular weight excluding hydrogens is 427 g/mol. The zero-order valence-corrected chi connectivity index (χ0v) is 22.2. The van der Waals surface area contributed by atoms with E-state index < -0.39 is 7.26 Å². The molecule has 0 unspecified atom stereocenters. The molecule has 0 fully saturated rings. The van der Waals surface area contributed by atoms with Crippen molar-refractivity contribution in [3.05, 3.63) is 138 Å². The molecular formula is C33H39P. The van der Waals surface area contributed by atoms with Gasteiger partial charge in [-0.3, -0.25) is 0 Å². The summed E-state index contributed by atoms with van der Waals surface area (Å²) in [5.74, 6) is 0. The predicted octanol–water partition coefficient (Wildman–Crippen LogP) is 7.91. The van der Waals surface area contributed by atoms with E-state index in [2.05, 4.69) is 149 Å². The molecule has 0 radical (unpaired) electrons. The second-order valence-electron chi connectivity index (χ2n) is 9.35. The van der Waals surface area contributed by atoms with Crippen LogP contribution in [0.1, 0.15) is 40.5 Å². The van der Waals surface area contributed by atoms with E-state index in [1.54, 1.807) is 0 Å². The van der Waals surface area contributed by atoms with Crippen LogP contribution < -0.4 is 15.9 Å². The van der Waals surface area contributed by atoms with Gasteiger partial charge in [-0.15, -0.1) is 0 Å². The second kappa shape index (κ2) is 13.1. The number of benzene rings is 3. The third-order valence-corrected chi connectivity index (χ3v) is 11.1. The molecule has 0 heterocycles. The molecule has 0 N–H and O–H groups in total. The van der Waals surface area contributed by atoms with Crippen LogP contribution in [-0.4, -0.2) is 6.16 Å². The van der Waals surface area contributed by atoms with Crippen LogP contribution >= 0.6 is 7.26 Å². The van der Waals surface area contributed by atoms with Gasteiger partial charge in [-0.05, 0) is 0 Å². The summed E-state index contributed by atoms with van der Waals surface area (Å²) in [7, 11) is -2.21. The summed E-state index contributed by atoms with van der Waals surface area (Å²) in [6, 6.07) is 33.4. The first-order valence-corrected chi connectivity index (χ1v) is 14.5. The Morgan fingerprint density at radius 3 is 1.56 bits per heavy atom. The molecule has 0 atom stereocenters. The molecule has 1 heteroatoms. The summed E-state index contributed by atoms with van der Waals surface area (Å²) >= 11 is 0. The van der Waals surface area contributed by atoms with Gasteiger partial charge in [0.2, 0.25) is 0 Å². The summed E-state index contributed by atoms with van der Waals surface area (Å²) in [4.78, 5) is 0. The zero-order chi connectivity index (χ0) is 24.2. The Balaban J connectivity index is 1.94. The molecule has 0 amide bonds. The molecule has 0 saturated carbocycles. The molecule has 34 heavy (non-hydrogen) atoms. The van der Waals surface area contributed by atoms with Crippen molar-refractivity contribution in [3.8, 4) is 0 Å². The van der Waals surface area contributed by atoms with E-state index in [1.807, 2.05) is 0 Å². The van der Waals surface area contributed by atoms with Crippen LogP contribution in [0.4, 0.5) is 0 Å². The topological polar surface area (TPSA) is 0 Å². The van der Waals surface area contributed by atoms with E-state index in [1.165, 1.54) is 32.6 Å². The predicted molar refractivity (Wildman–Crippen MR) is 157 cm³/mol. The zero-order valence-electron chi connectivity index (χ0n) is 21.2. The van der Waals surface area contributed by atoms with Gasteiger partial charge in [-0.2, -0.15) is 0 Å². The number of hydrogen-bond acceptors (Lipinski definition) is 0. The summed E-state index contributed by atoms with van der Waals surface area (Å²) in [5.41, 5.74) is 4.13. The van der Waals surface area contributed by atoms with Crippen molar-refractivity contribution in [3.63, 3.8) is 0 Å². The van der Waals surface area contributed by atoms with Crippen molar-refractivity contribution < 1.29 is 0 Å². The van der Waals surface area contributed by atoms with Gasteiger partial charge in [-0.25, -0.2) is 0 Å². The monoisotopic (exact) mass is 466 g/mol. The van der Waals surface area contributed by atoms with Crippen molar-refractivity contribution in [2.75, 3.05) is 6.16 Å². The van der Waals surface area contributed by atoms with E-state index in [0.29, 0.717) is 0 Å². The minimum atomic E-state index is -2.21. The maximum absolute atomic E-state index is 2.45. The molecule has 0 aliphatic rings. The van der Waals surface area contributed by atoms with Gasteiger partial charge in [0.25, 0.3) is 0 Å². The van der Waals surface area contributed by atoms with Gasteiger partial charge >= 0.3 is 208 Å². The SMILES string of the molecule is CC(C)=CCC/C(C)=C/C=C/C(C)=C/C[PH](c1ccccc1)(c1ccccc1)c1ccccc1. The van der Waals surface area contributed by atoms with E-state index in [-0.39, 0.29) is 0 Å². The Hall–Kier alpha value is -2.95. The van der Waals surface area contributed by atoms with Crippen LogP contribution in [0.15, 0.2) is 138 Å². The van der Waals surface area contributed by atoms with Crippen LogP contribution in [0, 0.1) is 0 Å². The average Bonchev–Trinajstić information content (AvgIpc) is 2.86. The van der Waals surface area contributed by atoms with Gasteiger partial charge in [0.15, 0.2) is 0 Å². The first-order chi connectivity index (χ1) is 16.5. The maximum atomic E-state index is 2.45. The Labute approximate surface area is 207 Å². The molecule has 3 rings (SSSR count). The third-order valence-electron chi connectivity index (χ3n) is 6.36. The van der Waals surface area contributed by atoms with Crippen molar-refractivity contribution in [2.45, 2.75) is 40.5 Å². The number of rotatable bonds is 10. The van der Waals surface area contributed by atoms with Crippen LogP contribution in [0.5, 0.6) is 0 Å². The molecule has 0 aliphatic carbocycles. The number of hydrogen-bond donors (Lipinski definition) is 0. The van der Waals surface area contributed by atoms with Crippen LogP contribution in [0.3, 0.4) is 0 Å². The van der Waals surface area contributed by atoms with Crippen molar-refractivity contribution >= 4 is 23.2 Å². The molecule has 0 nitrogen and oxygen atoms in total. The van der Waals surface area contributed by atoms with Crippen molar-refractivity contribution in [1.29, 1.82) is 0 Å². The van der Waals surface area contributed by atoms with Crippen molar-refractivity contribution in [1.82, 2.24) is 0 Å². The summed E-state index contributed by atoms with van der Waals surface area (Å²) < 4.78 is 0. The Morgan fingerprint density at radius 2 is 1.12 bits per heavy atom. The molecule has 0 aromatic heterocycles.